The lowest BCUT2D eigenvalue weighted by atomic mass is 10.1. The summed E-state index contributed by atoms with van der Waals surface area (Å²) in [4.78, 5) is 4.63. The maximum atomic E-state index is 10.1. The zero-order chi connectivity index (χ0) is 19.0. The van der Waals surface area contributed by atoms with Gasteiger partial charge in [0, 0.05) is 37.8 Å². The van der Waals surface area contributed by atoms with Crippen LogP contribution in [0.3, 0.4) is 0 Å². The minimum atomic E-state index is -0.674. The van der Waals surface area contributed by atoms with Crippen molar-refractivity contribution in [3.8, 4) is 11.4 Å². The number of benzene rings is 1. The van der Waals surface area contributed by atoms with Crippen molar-refractivity contribution in [2.24, 2.45) is 0 Å². The highest BCUT2D eigenvalue weighted by molar-refractivity contribution is 5.59. The molecule has 0 bridgehead atoms. The van der Waals surface area contributed by atoms with Gasteiger partial charge in [-0.15, -0.1) is 15.3 Å². The summed E-state index contributed by atoms with van der Waals surface area (Å²) >= 11 is 0. The normalized spacial score (nSPS) is 19.0. The van der Waals surface area contributed by atoms with Gasteiger partial charge in [0.05, 0.1) is 5.60 Å². The summed E-state index contributed by atoms with van der Waals surface area (Å²) in [6, 6.07) is 14.3. The molecule has 0 aliphatic carbocycles. The van der Waals surface area contributed by atoms with Gasteiger partial charge in [-0.3, -0.25) is 4.90 Å². The second kappa shape index (κ2) is 6.90. The summed E-state index contributed by atoms with van der Waals surface area (Å²) in [5.41, 5.74) is 1.06. The van der Waals surface area contributed by atoms with E-state index in [4.69, 9.17) is 5.10 Å². The molecule has 1 fully saturated rings. The first-order valence-corrected chi connectivity index (χ1v) is 9.40. The fraction of sp³-hybridized carbons (Fsp3) is 0.450. The lowest BCUT2D eigenvalue weighted by molar-refractivity contribution is 0.0307. The van der Waals surface area contributed by atoms with Crippen molar-refractivity contribution in [3.05, 3.63) is 42.5 Å². The van der Waals surface area contributed by atoms with Crippen LogP contribution >= 0.6 is 0 Å². The number of hydrogen-bond donors (Lipinski definition) is 1. The molecule has 3 aromatic rings. The van der Waals surface area contributed by atoms with Gasteiger partial charge >= 0.3 is 0 Å². The van der Waals surface area contributed by atoms with E-state index >= 15 is 0 Å². The van der Waals surface area contributed by atoms with Gasteiger partial charge in [-0.25, -0.2) is 0 Å². The van der Waals surface area contributed by atoms with Crippen LogP contribution in [-0.2, 0) is 0 Å². The van der Waals surface area contributed by atoms with E-state index in [1.807, 2.05) is 60.8 Å². The Kier molecular flexibility index (Phi) is 4.57. The fourth-order valence-electron chi connectivity index (χ4n) is 3.76. The van der Waals surface area contributed by atoms with E-state index in [9.17, 15) is 5.11 Å². The summed E-state index contributed by atoms with van der Waals surface area (Å²) in [6.45, 7) is 9.28. The molecule has 3 heterocycles. The Labute approximate surface area is 159 Å². The molecule has 0 spiro atoms. The van der Waals surface area contributed by atoms with Crippen LogP contribution in [0, 0.1) is 0 Å². The Hall–Kier alpha value is -2.51. The molecule has 1 N–H and O–H groups in total. The van der Waals surface area contributed by atoms with Gasteiger partial charge in [0.1, 0.15) is 5.82 Å². The van der Waals surface area contributed by atoms with E-state index in [-0.39, 0.29) is 0 Å². The summed E-state index contributed by atoms with van der Waals surface area (Å²) in [5, 5.41) is 23.5. The predicted octanol–water partition coefficient (Wildman–Crippen LogP) is 2.07. The Morgan fingerprint density at radius 1 is 1.07 bits per heavy atom. The SMILES string of the molecule is CC1CN(CC(C)(C)O)CCN1c1ccc2nnc(-c3ccccc3)n2n1. The van der Waals surface area contributed by atoms with Crippen molar-refractivity contribution >= 4 is 11.5 Å². The topological polar surface area (TPSA) is 69.8 Å². The lowest BCUT2D eigenvalue weighted by Gasteiger charge is -2.42. The molecule has 4 rings (SSSR count). The molecule has 7 nitrogen and oxygen atoms in total. The van der Waals surface area contributed by atoms with Crippen LogP contribution in [0.4, 0.5) is 5.82 Å². The number of β-amino-alcohol motifs (C(OH)–C–C–N with tert-alkyl or cyclic N) is 1. The summed E-state index contributed by atoms with van der Waals surface area (Å²) in [7, 11) is 0. The molecule has 1 unspecified atom stereocenters. The molecule has 0 saturated carbocycles. The number of piperazine rings is 1. The number of hydrogen-bond acceptors (Lipinski definition) is 6. The quantitative estimate of drug-likeness (QED) is 0.762. The highest BCUT2D eigenvalue weighted by Crippen LogP contribution is 2.22. The van der Waals surface area contributed by atoms with Crippen LogP contribution in [-0.4, -0.2) is 67.6 Å². The molecule has 0 amide bonds. The van der Waals surface area contributed by atoms with Gasteiger partial charge in [-0.1, -0.05) is 30.3 Å². The molecule has 1 saturated heterocycles. The predicted molar refractivity (Wildman–Crippen MR) is 106 cm³/mol. The molecule has 2 aromatic heterocycles. The molecule has 1 aliphatic heterocycles. The number of fused-ring (bicyclic) bond motifs is 1. The molecular weight excluding hydrogens is 340 g/mol. The number of aliphatic hydroxyl groups is 1. The van der Waals surface area contributed by atoms with E-state index in [1.165, 1.54) is 0 Å². The number of aromatic nitrogens is 4. The van der Waals surface area contributed by atoms with Gasteiger partial charge in [-0.05, 0) is 32.9 Å². The Bertz CT molecular complexity index is 917. The van der Waals surface area contributed by atoms with Gasteiger partial charge in [0.15, 0.2) is 11.5 Å². The highest BCUT2D eigenvalue weighted by atomic mass is 16.3. The van der Waals surface area contributed by atoms with Crippen LogP contribution in [0.15, 0.2) is 42.5 Å². The van der Waals surface area contributed by atoms with Crippen LogP contribution in [0.2, 0.25) is 0 Å². The first-order chi connectivity index (χ1) is 12.9. The van der Waals surface area contributed by atoms with E-state index in [1.54, 1.807) is 0 Å². The average Bonchev–Trinajstić information content (AvgIpc) is 3.04. The van der Waals surface area contributed by atoms with Crippen molar-refractivity contribution in [2.45, 2.75) is 32.4 Å². The molecule has 7 heteroatoms. The van der Waals surface area contributed by atoms with Crippen molar-refractivity contribution < 1.29 is 5.11 Å². The van der Waals surface area contributed by atoms with E-state index in [0.29, 0.717) is 12.6 Å². The van der Waals surface area contributed by atoms with Crippen LogP contribution in [0.25, 0.3) is 17.0 Å². The maximum absolute atomic E-state index is 10.1. The molecule has 142 valence electrons. The lowest BCUT2D eigenvalue weighted by Crippen LogP contribution is -2.55. The summed E-state index contributed by atoms with van der Waals surface area (Å²) in [5.74, 6) is 1.68. The number of nitrogens with zero attached hydrogens (tertiary/aromatic N) is 6. The Morgan fingerprint density at radius 3 is 2.56 bits per heavy atom. The van der Waals surface area contributed by atoms with Crippen LogP contribution in [0.5, 0.6) is 0 Å². The highest BCUT2D eigenvalue weighted by Gasteiger charge is 2.28. The van der Waals surface area contributed by atoms with Crippen molar-refractivity contribution in [1.82, 2.24) is 24.7 Å². The second-order valence-electron chi connectivity index (χ2n) is 7.94. The largest absolute Gasteiger partial charge is 0.389 e. The van der Waals surface area contributed by atoms with Gasteiger partial charge in [-0.2, -0.15) is 4.52 Å². The van der Waals surface area contributed by atoms with Gasteiger partial charge in [0.25, 0.3) is 0 Å². The van der Waals surface area contributed by atoms with Crippen molar-refractivity contribution in [3.63, 3.8) is 0 Å². The molecular formula is C20H26N6O. The summed E-state index contributed by atoms with van der Waals surface area (Å²) in [6.07, 6.45) is 0. The van der Waals surface area contributed by atoms with E-state index in [2.05, 4.69) is 26.9 Å². The molecule has 27 heavy (non-hydrogen) atoms. The minimum absolute atomic E-state index is 0.308. The smallest absolute Gasteiger partial charge is 0.185 e. The zero-order valence-electron chi connectivity index (χ0n) is 16.1. The van der Waals surface area contributed by atoms with Crippen molar-refractivity contribution in [2.75, 3.05) is 31.1 Å². The first-order valence-electron chi connectivity index (χ1n) is 9.40. The van der Waals surface area contributed by atoms with Gasteiger partial charge < -0.3 is 10.0 Å². The zero-order valence-corrected chi connectivity index (χ0v) is 16.1. The third-order valence-corrected chi connectivity index (χ3v) is 4.90. The second-order valence-corrected chi connectivity index (χ2v) is 7.94. The number of anilines is 1. The van der Waals surface area contributed by atoms with E-state index < -0.39 is 5.60 Å². The minimum Gasteiger partial charge on any atom is -0.389 e. The Morgan fingerprint density at radius 2 is 1.85 bits per heavy atom. The summed E-state index contributed by atoms with van der Waals surface area (Å²) < 4.78 is 1.82. The third kappa shape index (κ3) is 3.79. The van der Waals surface area contributed by atoms with Gasteiger partial charge in [0.2, 0.25) is 0 Å². The third-order valence-electron chi connectivity index (χ3n) is 4.90. The molecule has 1 aliphatic rings. The average molecular weight is 366 g/mol. The first kappa shape index (κ1) is 17.9. The van der Waals surface area contributed by atoms with E-state index in [0.717, 1.165) is 42.5 Å². The van der Waals surface area contributed by atoms with Crippen molar-refractivity contribution in [1.29, 1.82) is 0 Å². The Balaban J connectivity index is 1.59. The fourth-order valence-corrected chi connectivity index (χ4v) is 3.76. The van der Waals surface area contributed by atoms with Crippen LogP contribution < -0.4 is 4.90 Å². The molecule has 0 radical (unpaired) electrons. The van der Waals surface area contributed by atoms with Crippen LogP contribution in [0.1, 0.15) is 20.8 Å². The monoisotopic (exact) mass is 366 g/mol. The molecule has 1 aromatic carbocycles. The number of rotatable bonds is 4. The standard InChI is InChI=1S/C20H26N6O/c1-15-13-24(14-20(2,3)27)11-12-25(15)18-10-9-17-21-22-19(26(17)23-18)16-7-5-4-6-8-16/h4-10,15,27H,11-14H2,1-3H3. The molecule has 1 atom stereocenters. The maximum Gasteiger partial charge on any atom is 0.185 e.